The van der Waals surface area contributed by atoms with E-state index in [0.29, 0.717) is 6.54 Å². The van der Waals surface area contributed by atoms with Crippen molar-refractivity contribution in [3.63, 3.8) is 0 Å². The number of carbonyl (C=O) groups excluding carboxylic acids is 1. The Morgan fingerprint density at radius 3 is 2.40 bits per heavy atom. The van der Waals surface area contributed by atoms with Crippen LogP contribution in [0, 0.1) is 13.8 Å². The summed E-state index contributed by atoms with van der Waals surface area (Å²) >= 11 is 1.69. The summed E-state index contributed by atoms with van der Waals surface area (Å²) in [5, 5.41) is 1.04. The first kappa shape index (κ1) is 20.6. The van der Waals surface area contributed by atoms with Gasteiger partial charge >= 0.3 is 0 Å². The van der Waals surface area contributed by atoms with Crippen LogP contribution in [0.4, 0.5) is 5.69 Å². The second-order valence-corrected chi connectivity index (χ2v) is 10.4. The third-order valence-corrected chi connectivity index (χ3v) is 6.39. The fourth-order valence-corrected chi connectivity index (χ4v) is 4.65. The maximum absolute atomic E-state index is 13.0. The molecule has 0 saturated heterocycles. The topological polar surface area (TPSA) is 42.4 Å². The Bertz CT molecular complexity index is 1090. The van der Waals surface area contributed by atoms with Crippen LogP contribution in [0.3, 0.4) is 0 Å². The minimum absolute atomic E-state index is 0.0225. The van der Waals surface area contributed by atoms with Gasteiger partial charge in [0.15, 0.2) is 6.10 Å². The molecule has 1 aromatic heterocycles. The van der Waals surface area contributed by atoms with E-state index in [-0.39, 0.29) is 11.3 Å². The standard InChI is InChI=1S/C25H28N2O2S/c1-15-24(28)27(14-18-7-10-20(11-8-18)25(4,5)6)21-13-19(9-12-22(21)29-15)23-16(2)30-17(3)26-23/h7-13,15H,14H2,1-6H3. The van der Waals surface area contributed by atoms with Gasteiger partial charge in [-0.1, -0.05) is 45.0 Å². The van der Waals surface area contributed by atoms with Gasteiger partial charge in [0.25, 0.3) is 5.91 Å². The summed E-state index contributed by atoms with van der Waals surface area (Å²) < 4.78 is 5.89. The summed E-state index contributed by atoms with van der Waals surface area (Å²) in [5.41, 5.74) is 5.27. The highest BCUT2D eigenvalue weighted by Gasteiger charge is 2.32. The number of amides is 1. The van der Waals surface area contributed by atoms with Crippen molar-refractivity contribution in [3.8, 4) is 17.0 Å². The lowest BCUT2D eigenvalue weighted by Crippen LogP contribution is -2.44. The van der Waals surface area contributed by atoms with Crippen molar-refractivity contribution in [3.05, 3.63) is 63.5 Å². The van der Waals surface area contributed by atoms with E-state index in [9.17, 15) is 4.79 Å². The normalized spacial score (nSPS) is 16.4. The molecule has 0 spiro atoms. The largest absolute Gasteiger partial charge is 0.479 e. The van der Waals surface area contributed by atoms with Crippen molar-refractivity contribution in [1.82, 2.24) is 4.98 Å². The van der Waals surface area contributed by atoms with Crippen LogP contribution in [0.2, 0.25) is 0 Å². The number of fused-ring (bicyclic) bond motifs is 1. The van der Waals surface area contributed by atoms with Gasteiger partial charge in [-0.25, -0.2) is 4.98 Å². The number of rotatable bonds is 3. The lowest BCUT2D eigenvalue weighted by Gasteiger charge is -2.33. The summed E-state index contributed by atoms with van der Waals surface area (Å²) in [6.45, 7) is 13.0. The Morgan fingerprint density at radius 1 is 1.10 bits per heavy atom. The fourth-order valence-electron chi connectivity index (χ4n) is 3.81. The quantitative estimate of drug-likeness (QED) is 0.519. The van der Waals surface area contributed by atoms with Gasteiger partial charge < -0.3 is 9.64 Å². The van der Waals surface area contributed by atoms with E-state index < -0.39 is 6.10 Å². The van der Waals surface area contributed by atoms with E-state index >= 15 is 0 Å². The highest BCUT2D eigenvalue weighted by atomic mass is 32.1. The number of carbonyl (C=O) groups is 1. The van der Waals surface area contributed by atoms with Crippen molar-refractivity contribution in [2.24, 2.45) is 0 Å². The minimum Gasteiger partial charge on any atom is -0.479 e. The van der Waals surface area contributed by atoms with Gasteiger partial charge in [0.1, 0.15) is 5.75 Å². The molecule has 30 heavy (non-hydrogen) atoms. The SMILES string of the molecule is Cc1nc(-c2ccc3c(c2)N(Cc2ccc(C(C)(C)C)cc2)C(=O)C(C)O3)c(C)s1. The first-order valence-corrected chi connectivity index (χ1v) is 11.1. The van der Waals surface area contributed by atoms with Gasteiger partial charge in [-0.3, -0.25) is 4.79 Å². The minimum atomic E-state index is -0.500. The molecule has 3 aromatic rings. The highest BCUT2D eigenvalue weighted by molar-refractivity contribution is 7.11. The molecule has 0 aliphatic carbocycles. The maximum atomic E-state index is 13.0. The van der Waals surface area contributed by atoms with Gasteiger partial charge in [-0.15, -0.1) is 11.3 Å². The van der Waals surface area contributed by atoms with Crippen molar-refractivity contribution in [2.45, 2.75) is 59.6 Å². The molecule has 1 aliphatic rings. The van der Waals surface area contributed by atoms with Crippen LogP contribution in [0.5, 0.6) is 5.75 Å². The first-order valence-electron chi connectivity index (χ1n) is 10.3. The van der Waals surface area contributed by atoms with Crippen LogP contribution >= 0.6 is 11.3 Å². The zero-order chi connectivity index (χ0) is 21.6. The zero-order valence-corrected chi connectivity index (χ0v) is 19.3. The fraction of sp³-hybridized carbons (Fsp3) is 0.360. The van der Waals surface area contributed by atoms with Crippen molar-refractivity contribution in [1.29, 1.82) is 0 Å². The zero-order valence-electron chi connectivity index (χ0n) is 18.4. The molecule has 0 N–H and O–H groups in total. The number of hydrogen-bond acceptors (Lipinski definition) is 4. The molecule has 0 bridgehead atoms. The number of ether oxygens (including phenoxy) is 1. The molecular weight excluding hydrogens is 392 g/mol. The number of benzene rings is 2. The number of thiazole rings is 1. The smallest absolute Gasteiger partial charge is 0.268 e. The molecule has 1 aliphatic heterocycles. The summed E-state index contributed by atoms with van der Waals surface area (Å²) in [7, 11) is 0. The van der Waals surface area contributed by atoms with Crippen molar-refractivity contribution in [2.75, 3.05) is 4.90 Å². The molecule has 1 unspecified atom stereocenters. The monoisotopic (exact) mass is 420 g/mol. The number of aromatic nitrogens is 1. The number of aryl methyl sites for hydroxylation is 2. The number of anilines is 1. The van der Waals surface area contributed by atoms with Crippen LogP contribution in [0.25, 0.3) is 11.3 Å². The predicted octanol–water partition coefficient (Wildman–Crippen LogP) is 6.04. The van der Waals surface area contributed by atoms with E-state index in [4.69, 9.17) is 4.74 Å². The molecule has 4 rings (SSSR count). The Labute approximate surface area is 182 Å². The molecule has 0 saturated carbocycles. The number of nitrogens with zero attached hydrogens (tertiary/aromatic N) is 2. The first-order chi connectivity index (χ1) is 14.1. The lowest BCUT2D eigenvalue weighted by molar-refractivity contribution is -0.125. The van der Waals surface area contributed by atoms with Gasteiger partial charge in [0, 0.05) is 10.4 Å². The average molecular weight is 421 g/mol. The molecule has 0 fully saturated rings. The molecule has 4 nitrogen and oxygen atoms in total. The Morgan fingerprint density at radius 2 is 1.80 bits per heavy atom. The maximum Gasteiger partial charge on any atom is 0.268 e. The van der Waals surface area contributed by atoms with Gasteiger partial charge in [0.2, 0.25) is 0 Å². The molecule has 2 aromatic carbocycles. The van der Waals surface area contributed by atoms with Crippen LogP contribution in [-0.4, -0.2) is 17.0 Å². The van der Waals surface area contributed by atoms with E-state index in [0.717, 1.165) is 33.3 Å². The van der Waals surface area contributed by atoms with Gasteiger partial charge in [0.05, 0.1) is 22.9 Å². The third-order valence-electron chi connectivity index (χ3n) is 5.50. The van der Waals surface area contributed by atoms with Crippen molar-refractivity contribution >= 4 is 22.9 Å². The second-order valence-electron chi connectivity index (χ2n) is 8.95. The highest BCUT2D eigenvalue weighted by Crippen LogP contribution is 2.39. The molecule has 2 heterocycles. The molecule has 0 radical (unpaired) electrons. The lowest BCUT2D eigenvalue weighted by atomic mass is 9.86. The van der Waals surface area contributed by atoms with Crippen LogP contribution < -0.4 is 9.64 Å². The summed E-state index contributed by atoms with van der Waals surface area (Å²) in [5.74, 6) is 0.715. The molecule has 1 atom stereocenters. The number of hydrogen-bond donors (Lipinski definition) is 0. The molecule has 5 heteroatoms. The van der Waals surface area contributed by atoms with E-state index in [1.54, 1.807) is 11.3 Å². The van der Waals surface area contributed by atoms with Crippen molar-refractivity contribution < 1.29 is 9.53 Å². The van der Waals surface area contributed by atoms with Gasteiger partial charge in [-0.2, -0.15) is 0 Å². The van der Waals surface area contributed by atoms with Crippen LogP contribution in [-0.2, 0) is 16.8 Å². The van der Waals surface area contributed by atoms with Crippen LogP contribution in [0.15, 0.2) is 42.5 Å². The Balaban J connectivity index is 1.71. The van der Waals surface area contributed by atoms with E-state index in [1.807, 2.05) is 36.9 Å². The predicted molar refractivity (Wildman–Crippen MR) is 123 cm³/mol. The Hall–Kier alpha value is -2.66. The second kappa shape index (κ2) is 7.55. The average Bonchev–Trinajstić information content (AvgIpc) is 3.03. The summed E-state index contributed by atoms with van der Waals surface area (Å²) in [4.78, 5) is 20.7. The molecule has 1 amide bonds. The molecule has 156 valence electrons. The van der Waals surface area contributed by atoms with E-state index in [2.05, 4.69) is 56.9 Å². The van der Waals surface area contributed by atoms with E-state index in [1.165, 1.54) is 10.4 Å². The third kappa shape index (κ3) is 3.86. The summed E-state index contributed by atoms with van der Waals surface area (Å²) in [6, 6.07) is 14.6. The van der Waals surface area contributed by atoms with Crippen LogP contribution in [0.1, 0.15) is 48.7 Å². The summed E-state index contributed by atoms with van der Waals surface area (Å²) in [6.07, 6.45) is -0.500. The van der Waals surface area contributed by atoms with Gasteiger partial charge in [-0.05, 0) is 55.5 Å². The molecular formula is C25H28N2O2S. The Kier molecular flexibility index (Phi) is 5.18.